The van der Waals surface area contributed by atoms with E-state index in [0.29, 0.717) is 0 Å². The quantitative estimate of drug-likeness (QED) is 0.587. The molecule has 2 atom stereocenters. The van der Waals surface area contributed by atoms with Crippen LogP contribution < -0.4 is 0 Å². The van der Waals surface area contributed by atoms with Crippen LogP contribution in [-0.2, 0) is 9.53 Å². The third-order valence-electron chi connectivity index (χ3n) is 4.79. The van der Waals surface area contributed by atoms with Gasteiger partial charge in [-0.3, -0.25) is 19.3 Å². The van der Waals surface area contributed by atoms with Crippen LogP contribution in [0.15, 0.2) is 48.2 Å². The lowest BCUT2D eigenvalue weighted by atomic mass is 9.93. The van der Waals surface area contributed by atoms with E-state index in [0.717, 1.165) is 15.5 Å². The number of imide groups is 1. The summed E-state index contributed by atoms with van der Waals surface area (Å²) in [6.45, 7) is 3.63. The van der Waals surface area contributed by atoms with E-state index in [9.17, 15) is 19.2 Å². The minimum absolute atomic E-state index is 0.157. The number of ether oxygens (including phenoxy) is 1. The van der Waals surface area contributed by atoms with Crippen molar-refractivity contribution < 1.29 is 23.9 Å². The standard InChI is InChI=1S/C19H17N3O5/c1-3-27-19(26)20-9-8-11(2)10-14-15(18(25)22(14)20)21-16(23)12-6-4-5-7-13(12)17(21)24/h4-10,14-15H,3H2,1-2H3/t14-,15+/m1/s1. The van der Waals surface area contributed by atoms with E-state index in [2.05, 4.69) is 0 Å². The number of hydrogen-bond acceptors (Lipinski definition) is 5. The van der Waals surface area contributed by atoms with Crippen molar-refractivity contribution in [1.29, 1.82) is 0 Å². The predicted molar refractivity (Wildman–Crippen MR) is 93.1 cm³/mol. The highest BCUT2D eigenvalue weighted by Gasteiger charge is 2.58. The number of rotatable bonds is 2. The summed E-state index contributed by atoms with van der Waals surface area (Å²) in [6, 6.07) is 4.84. The summed E-state index contributed by atoms with van der Waals surface area (Å²) in [5.41, 5.74) is 1.36. The Bertz CT molecular complexity index is 900. The predicted octanol–water partition coefficient (Wildman–Crippen LogP) is 1.71. The van der Waals surface area contributed by atoms with Gasteiger partial charge in [0.25, 0.3) is 17.7 Å². The maximum absolute atomic E-state index is 12.9. The molecule has 8 nitrogen and oxygen atoms in total. The Kier molecular flexibility index (Phi) is 3.83. The van der Waals surface area contributed by atoms with Crippen LogP contribution in [0, 0.1) is 0 Å². The smallest absolute Gasteiger partial charge is 0.433 e. The first kappa shape index (κ1) is 17.0. The van der Waals surface area contributed by atoms with Crippen molar-refractivity contribution >= 4 is 23.8 Å². The molecule has 0 aliphatic carbocycles. The minimum Gasteiger partial charge on any atom is -0.448 e. The molecule has 27 heavy (non-hydrogen) atoms. The Morgan fingerprint density at radius 1 is 1.11 bits per heavy atom. The summed E-state index contributed by atoms with van der Waals surface area (Å²) in [5.74, 6) is -1.52. The lowest BCUT2D eigenvalue weighted by Gasteiger charge is -2.50. The van der Waals surface area contributed by atoms with Gasteiger partial charge in [0, 0.05) is 6.20 Å². The fraction of sp³-hybridized carbons (Fsp3) is 0.263. The van der Waals surface area contributed by atoms with E-state index >= 15 is 0 Å². The molecule has 1 aromatic carbocycles. The summed E-state index contributed by atoms with van der Waals surface area (Å²) in [6.07, 6.45) is 4.17. The number of hydrogen-bond donors (Lipinski definition) is 0. The van der Waals surface area contributed by atoms with Crippen molar-refractivity contribution in [3.63, 3.8) is 0 Å². The topological polar surface area (TPSA) is 87.2 Å². The molecular weight excluding hydrogens is 350 g/mol. The molecule has 1 saturated heterocycles. The van der Waals surface area contributed by atoms with Gasteiger partial charge in [0.05, 0.1) is 17.7 Å². The molecular formula is C19H17N3O5. The van der Waals surface area contributed by atoms with Crippen molar-refractivity contribution in [2.75, 3.05) is 6.61 Å². The molecule has 0 bridgehead atoms. The van der Waals surface area contributed by atoms with Crippen molar-refractivity contribution in [3.8, 4) is 0 Å². The molecule has 3 aliphatic rings. The average Bonchev–Trinajstić information content (AvgIpc) is 2.80. The Hall–Kier alpha value is -3.42. The zero-order chi connectivity index (χ0) is 19.3. The van der Waals surface area contributed by atoms with E-state index < -0.39 is 35.9 Å². The van der Waals surface area contributed by atoms with Crippen LogP contribution in [0.25, 0.3) is 0 Å². The third-order valence-corrected chi connectivity index (χ3v) is 4.79. The van der Waals surface area contributed by atoms with Gasteiger partial charge in [0.1, 0.15) is 12.1 Å². The van der Waals surface area contributed by atoms with Gasteiger partial charge >= 0.3 is 6.09 Å². The Balaban J connectivity index is 1.69. The second kappa shape index (κ2) is 6.08. The molecule has 1 aromatic rings. The van der Waals surface area contributed by atoms with Crippen LogP contribution in [0.1, 0.15) is 34.6 Å². The van der Waals surface area contributed by atoms with Gasteiger partial charge in [-0.1, -0.05) is 23.8 Å². The number of benzene rings is 1. The summed E-state index contributed by atoms with van der Waals surface area (Å²) >= 11 is 0. The fourth-order valence-corrected chi connectivity index (χ4v) is 3.54. The van der Waals surface area contributed by atoms with E-state index in [1.54, 1.807) is 43.3 Å². The van der Waals surface area contributed by atoms with Gasteiger partial charge < -0.3 is 4.74 Å². The van der Waals surface area contributed by atoms with Crippen LogP contribution in [0.2, 0.25) is 0 Å². The average molecular weight is 367 g/mol. The molecule has 3 heterocycles. The Morgan fingerprint density at radius 2 is 1.74 bits per heavy atom. The van der Waals surface area contributed by atoms with Gasteiger partial charge in [0.2, 0.25) is 0 Å². The first-order chi connectivity index (χ1) is 13.0. The normalized spacial score (nSPS) is 23.6. The van der Waals surface area contributed by atoms with Crippen LogP contribution in [0.3, 0.4) is 0 Å². The molecule has 138 valence electrons. The largest absolute Gasteiger partial charge is 0.448 e. The highest BCUT2D eigenvalue weighted by atomic mass is 16.6. The minimum atomic E-state index is -0.996. The Labute approximate surface area is 155 Å². The molecule has 0 unspecified atom stereocenters. The maximum Gasteiger partial charge on any atom is 0.433 e. The number of allylic oxidation sites excluding steroid dienone is 2. The number of fused-ring (bicyclic) bond motifs is 2. The molecule has 0 radical (unpaired) electrons. The summed E-state index contributed by atoms with van der Waals surface area (Å²) in [4.78, 5) is 51.6. The molecule has 8 heteroatoms. The number of hydrazine groups is 1. The third kappa shape index (κ3) is 2.37. The SMILES string of the molecule is CCOC(=O)N1C=CC(C)=C[C@@H]2[C@H](N3C(=O)c4ccccc4C3=O)C(=O)N21. The summed E-state index contributed by atoms with van der Waals surface area (Å²) in [5, 5.41) is 2.29. The lowest BCUT2D eigenvalue weighted by molar-refractivity contribution is -0.172. The van der Waals surface area contributed by atoms with Crippen molar-refractivity contribution in [3.05, 3.63) is 59.3 Å². The molecule has 0 aromatic heterocycles. The van der Waals surface area contributed by atoms with E-state index in [1.807, 2.05) is 6.92 Å². The maximum atomic E-state index is 12.9. The monoisotopic (exact) mass is 367 g/mol. The van der Waals surface area contributed by atoms with E-state index in [1.165, 1.54) is 11.2 Å². The zero-order valence-corrected chi connectivity index (χ0v) is 14.8. The van der Waals surface area contributed by atoms with Gasteiger partial charge in [0.15, 0.2) is 0 Å². The second-order valence-corrected chi connectivity index (χ2v) is 6.41. The van der Waals surface area contributed by atoms with Crippen molar-refractivity contribution in [2.24, 2.45) is 0 Å². The van der Waals surface area contributed by atoms with Gasteiger partial charge in [-0.05, 0) is 32.1 Å². The van der Waals surface area contributed by atoms with Gasteiger partial charge in [-0.15, -0.1) is 0 Å². The molecule has 0 N–H and O–H groups in total. The van der Waals surface area contributed by atoms with E-state index in [-0.39, 0.29) is 17.7 Å². The van der Waals surface area contributed by atoms with Crippen LogP contribution in [-0.4, -0.2) is 57.4 Å². The van der Waals surface area contributed by atoms with Crippen molar-refractivity contribution in [2.45, 2.75) is 25.9 Å². The van der Waals surface area contributed by atoms with Gasteiger partial charge in [-0.2, -0.15) is 5.01 Å². The fourth-order valence-electron chi connectivity index (χ4n) is 3.54. The Morgan fingerprint density at radius 3 is 2.33 bits per heavy atom. The number of carbonyl (C=O) groups is 4. The highest BCUT2D eigenvalue weighted by Crippen LogP contribution is 2.36. The first-order valence-corrected chi connectivity index (χ1v) is 8.58. The number of β-lactam (4-membered cyclic amide) rings is 1. The summed E-state index contributed by atoms with van der Waals surface area (Å²) in [7, 11) is 0. The van der Waals surface area contributed by atoms with Crippen LogP contribution in [0.5, 0.6) is 0 Å². The molecule has 4 amide bonds. The lowest BCUT2D eigenvalue weighted by Crippen LogP contribution is -2.74. The first-order valence-electron chi connectivity index (χ1n) is 8.58. The van der Waals surface area contributed by atoms with Crippen LogP contribution >= 0.6 is 0 Å². The zero-order valence-electron chi connectivity index (χ0n) is 14.8. The van der Waals surface area contributed by atoms with E-state index in [4.69, 9.17) is 4.74 Å². The molecule has 1 fully saturated rings. The van der Waals surface area contributed by atoms with Crippen molar-refractivity contribution in [1.82, 2.24) is 14.9 Å². The molecule has 0 saturated carbocycles. The number of nitrogens with zero attached hydrogens (tertiary/aromatic N) is 3. The van der Waals surface area contributed by atoms with Gasteiger partial charge in [-0.25, -0.2) is 9.80 Å². The highest BCUT2D eigenvalue weighted by molar-refractivity contribution is 6.23. The molecule has 4 rings (SSSR count). The second-order valence-electron chi connectivity index (χ2n) is 6.41. The number of carbonyl (C=O) groups excluding carboxylic acids is 4. The van der Waals surface area contributed by atoms with Crippen LogP contribution in [0.4, 0.5) is 4.79 Å². The summed E-state index contributed by atoms with van der Waals surface area (Å²) < 4.78 is 5.00. The molecule has 3 aliphatic heterocycles. The number of amides is 4. The molecule has 0 spiro atoms.